The number of aryl methyl sites for hydroxylation is 2. The maximum absolute atomic E-state index is 12.4. The lowest BCUT2D eigenvalue weighted by Gasteiger charge is -2.11. The number of benzene rings is 3. The normalized spacial score (nSPS) is 10.8. The molecule has 5 heteroatoms. The van der Waals surface area contributed by atoms with E-state index in [2.05, 4.69) is 20.6 Å². The van der Waals surface area contributed by atoms with Crippen LogP contribution in [-0.2, 0) is 0 Å². The summed E-state index contributed by atoms with van der Waals surface area (Å²) in [4.78, 5) is 21.5. The van der Waals surface area contributed by atoms with Crippen LogP contribution < -0.4 is 10.6 Å². The molecule has 1 aromatic heterocycles. The molecule has 4 rings (SSSR count). The van der Waals surface area contributed by atoms with Crippen LogP contribution in [0.25, 0.3) is 21.8 Å². The average Bonchev–Trinajstić information content (AvgIpc) is 2.63. The summed E-state index contributed by atoms with van der Waals surface area (Å²) in [6, 6.07) is 19.0. The first-order chi connectivity index (χ1) is 12.6. The molecule has 0 unspecified atom stereocenters. The molecular weight excluding hydrogens is 324 g/mol. The predicted molar refractivity (Wildman–Crippen MR) is 106 cm³/mol. The molecule has 0 spiro atoms. The van der Waals surface area contributed by atoms with Gasteiger partial charge in [0.25, 0.3) is 0 Å². The number of rotatable bonds is 2. The molecular formula is C21H18N4O. The molecule has 26 heavy (non-hydrogen) atoms. The summed E-state index contributed by atoms with van der Waals surface area (Å²) in [5, 5.41) is 7.86. The molecule has 0 fully saturated rings. The Morgan fingerprint density at radius 3 is 2.38 bits per heavy atom. The summed E-state index contributed by atoms with van der Waals surface area (Å²) < 4.78 is 0. The topological polar surface area (TPSA) is 66.9 Å². The van der Waals surface area contributed by atoms with Crippen molar-refractivity contribution in [3.63, 3.8) is 0 Å². The first-order valence-electron chi connectivity index (χ1n) is 8.41. The first kappa shape index (κ1) is 16.0. The third kappa shape index (κ3) is 3.07. The van der Waals surface area contributed by atoms with E-state index >= 15 is 0 Å². The number of nitrogens with one attached hydrogen (secondary N) is 2. The quantitative estimate of drug-likeness (QED) is 0.536. The zero-order chi connectivity index (χ0) is 18.1. The second-order valence-corrected chi connectivity index (χ2v) is 6.20. The summed E-state index contributed by atoms with van der Waals surface area (Å²) in [5.41, 5.74) is 4.81. The largest absolute Gasteiger partial charge is 0.323 e. The average molecular weight is 342 g/mol. The van der Waals surface area contributed by atoms with E-state index in [1.165, 1.54) is 0 Å². The van der Waals surface area contributed by atoms with E-state index < -0.39 is 0 Å². The Labute approximate surface area is 151 Å². The molecule has 0 radical (unpaired) electrons. The highest BCUT2D eigenvalue weighted by atomic mass is 16.2. The highest BCUT2D eigenvalue weighted by Crippen LogP contribution is 2.23. The third-order valence-corrected chi connectivity index (χ3v) is 4.37. The monoisotopic (exact) mass is 342 g/mol. The molecule has 0 atom stereocenters. The maximum Gasteiger partial charge on any atom is 0.323 e. The molecule has 5 nitrogen and oxygen atoms in total. The number of fused-ring (bicyclic) bond motifs is 2. The van der Waals surface area contributed by atoms with E-state index in [9.17, 15) is 4.79 Å². The van der Waals surface area contributed by atoms with Gasteiger partial charge in [-0.1, -0.05) is 36.4 Å². The van der Waals surface area contributed by atoms with Crippen molar-refractivity contribution in [3.8, 4) is 0 Å². The Hall–Kier alpha value is -3.47. The summed E-state index contributed by atoms with van der Waals surface area (Å²) in [7, 11) is 0. The minimum atomic E-state index is -0.294. The fraction of sp³-hybridized carbons (Fsp3) is 0.0952. The van der Waals surface area contributed by atoms with E-state index in [1.807, 2.05) is 74.5 Å². The Bertz CT molecular complexity index is 1130. The van der Waals surface area contributed by atoms with E-state index in [4.69, 9.17) is 0 Å². The van der Waals surface area contributed by atoms with Gasteiger partial charge in [0.05, 0.1) is 28.1 Å². The van der Waals surface area contributed by atoms with Crippen LogP contribution in [0.5, 0.6) is 0 Å². The third-order valence-electron chi connectivity index (χ3n) is 4.37. The highest BCUT2D eigenvalue weighted by molar-refractivity contribution is 6.06. The number of urea groups is 1. The number of aromatic nitrogens is 2. The van der Waals surface area contributed by atoms with Crippen LogP contribution in [-0.4, -0.2) is 16.0 Å². The van der Waals surface area contributed by atoms with Crippen molar-refractivity contribution in [2.45, 2.75) is 13.8 Å². The van der Waals surface area contributed by atoms with Gasteiger partial charge < -0.3 is 10.6 Å². The zero-order valence-electron chi connectivity index (χ0n) is 14.6. The van der Waals surface area contributed by atoms with Crippen molar-refractivity contribution in [1.82, 2.24) is 9.97 Å². The van der Waals surface area contributed by atoms with Crippen LogP contribution in [0.2, 0.25) is 0 Å². The number of hydrogen-bond acceptors (Lipinski definition) is 3. The van der Waals surface area contributed by atoms with E-state index in [0.717, 1.165) is 38.9 Å². The van der Waals surface area contributed by atoms with Crippen LogP contribution in [0.1, 0.15) is 11.4 Å². The lowest BCUT2D eigenvalue weighted by atomic mass is 10.1. The fourth-order valence-corrected chi connectivity index (χ4v) is 2.93. The van der Waals surface area contributed by atoms with Crippen LogP contribution >= 0.6 is 0 Å². The molecule has 2 N–H and O–H groups in total. The summed E-state index contributed by atoms with van der Waals surface area (Å²) in [6.45, 7) is 3.86. The lowest BCUT2D eigenvalue weighted by Crippen LogP contribution is -2.19. The minimum absolute atomic E-state index is 0.294. The Morgan fingerprint density at radius 1 is 0.808 bits per heavy atom. The second kappa shape index (κ2) is 6.44. The Morgan fingerprint density at radius 2 is 1.54 bits per heavy atom. The molecule has 128 valence electrons. The zero-order valence-corrected chi connectivity index (χ0v) is 14.6. The van der Waals surface area contributed by atoms with E-state index in [0.29, 0.717) is 5.69 Å². The van der Waals surface area contributed by atoms with Crippen molar-refractivity contribution in [2.24, 2.45) is 0 Å². The molecule has 3 aromatic carbocycles. The van der Waals surface area contributed by atoms with Gasteiger partial charge in [0.15, 0.2) is 0 Å². The maximum atomic E-state index is 12.4. The van der Waals surface area contributed by atoms with Gasteiger partial charge in [0.1, 0.15) is 0 Å². The molecule has 0 aliphatic rings. The number of nitrogens with zero attached hydrogens (tertiary/aromatic N) is 2. The fourth-order valence-electron chi connectivity index (χ4n) is 2.93. The Kier molecular flexibility index (Phi) is 3.97. The smallest absolute Gasteiger partial charge is 0.308 e. The van der Waals surface area contributed by atoms with Gasteiger partial charge in [0.2, 0.25) is 0 Å². The van der Waals surface area contributed by atoms with E-state index in [-0.39, 0.29) is 6.03 Å². The number of carbonyl (C=O) groups excluding carboxylic acids is 1. The minimum Gasteiger partial charge on any atom is -0.308 e. The van der Waals surface area contributed by atoms with Crippen molar-refractivity contribution < 1.29 is 4.79 Å². The number of amides is 2. The molecule has 0 aliphatic heterocycles. The van der Waals surface area contributed by atoms with Crippen LogP contribution in [0.3, 0.4) is 0 Å². The molecule has 0 saturated heterocycles. The van der Waals surface area contributed by atoms with Crippen LogP contribution in [0.15, 0.2) is 60.7 Å². The SMILES string of the molecule is Cc1nc2ccc(NC(=O)Nc3cccc4ccccc34)cc2nc1C. The summed E-state index contributed by atoms with van der Waals surface area (Å²) in [6.07, 6.45) is 0. The molecule has 0 saturated carbocycles. The summed E-state index contributed by atoms with van der Waals surface area (Å²) >= 11 is 0. The standard InChI is InChI=1S/C21H18N4O/c1-13-14(2)23-20-12-16(10-11-19(20)22-13)24-21(26)25-18-9-5-7-15-6-3-4-8-17(15)18/h3-12H,1-2H3,(H2,24,25,26). The number of carbonyl (C=O) groups is 1. The van der Waals surface area contributed by atoms with Gasteiger partial charge in [-0.3, -0.25) is 0 Å². The highest BCUT2D eigenvalue weighted by Gasteiger charge is 2.08. The lowest BCUT2D eigenvalue weighted by molar-refractivity contribution is 0.262. The summed E-state index contributed by atoms with van der Waals surface area (Å²) in [5.74, 6) is 0. The van der Waals surface area contributed by atoms with Crippen molar-refractivity contribution in [1.29, 1.82) is 0 Å². The molecule has 4 aromatic rings. The van der Waals surface area contributed by atoms with E-state index in [1.54, 1.807) is 0 Å². The number of hydrogen-bond donors (Lipinski definition) is 2. The molecule has 0 bridgehead atoms. The van der Waals surface area contributed by atoms with Gasteiger partial charge >= 0.3 is 6.03 Å². The van der Waals surface area contributed by atoms with Gasteiger partial charge in [-0.05, 0) is 43.5 Å². The van der Waals surface area contributed by atoms with Gasteiger partial charge in [-0.15, -0.1) is 0 Å². The van der Waals surface area contributed by atoms with Gasteiger partial charge in [-0.25, -0.2) is 14.8 Å². The molecule has 1 heterocycles. The van der Waals surface area contributed by atoms with Crippen molar-refractivity contribution in [2.75, 3.05) is 10.6 Å². The van der Waals surface area contributed by atoms with Gasteiger partial charge in [0, 0.05) is 11.1 Å². The molecule has 0 aliphatic carbocycles. The predicted octanol–water partition coefficient (Wildman–Crippen LogP) is 5.04. The van der Waals surface area contributed by atoms with Crippen LogP contribution in [0.4, 0.5) is 16.2 Å². The molecule has 2 amide bonds. The van der Waals surface area contributed by atoms with Gasteiger partial charge in [-0.2, -0.15) is 0 Å². The second-order valence-electron chi connectivity index (χ2n) is 6.20. The number of anilines is 2. The first-order valence-corrected chi connectivity index (χ1v) is 8.41. The Balaban J connectivity index is 1.58. The van der Waals surface area contributed by atoms with Crippen LogP contribution in [0, 0.1) is 13.8 Å². The van der Waals surface area contributed by atoms with Crippen molar-refractivity contribution >= 4 is 39.2 Å². The van der Waals surface area contributed by atoms with Crippen molar-refractivity contribution in [3.05, 3.63) is 72.1 Å².